The molecule has 0 aliphatic heterocycles. The number of nitrogens with zero attached hydrogens (tertiary/aromatic N) is 2. The minimum atomic E-state index is -0.653. The van der Waals surface area contributed by atoms with Gasteiger partial charge in [0.1, 0.15) is 6.20 Å². The van der Waals surface area contributed by atoms with E-state index < -0.39 is 16.6 Å². The van der Waals surface area contributed by atoms with Gasteiger partial charge in [-0.1, -0.05) is 23.9 Å². The van der Waals surface area contributed by atoms with Crippen molar-refractivity contribution in [2.75, 3.05) is 11.9 Å². The number of ether oxygens (including phenoxy) is 1. The standard InChI is InChI=1S/C21H19N3O4S/c1-14-5-6-15(2)19(12-14)29-17-9-7-16(8-10-17)23-20(25)13-28-18-4-3-11-22-21(18)24(26)27/h3-12H,13H2,1-2H3,(H,23,25). The van der Waals surface area contributed by atoms with Crippen LogP contribution in [0.1, 0.15) is 11.1 Å². The highest BCUT2D eigenvalue weighted by Crippen LogP contribution is 2.31. The van der Waals surface area contributed by atoms with Crippen molar-refractivity contribution < 1.29 is 14.5 Å². The molecule has 0 aliphatic rings. The molecule has 3 rings (SSSR count). The fourth-order valence-corrected chi connectivity index (χ4v) is 3.52. The maximum absolute atomic E-state index is 12.1. The van der Waals surface area contributed by atoms with Crippen LogP contribution in [0.3, 0.4) is 0 Å². The van der Waals surface area contributed by atoms with Crippen LogP contribution in [0.4, 0.5) is 11.5 Å². The van der Waals surface area contributed by atoms with E-state index in [-0.39, 0.29) is 12.4 Å². The molecule has 0 spiro atoms. The summed E-state index contributed by atoms with van der Waals surface area (Å²) in [4.78, 5) is 28.2. The molecule has 1 amide bonds. The normalized spacial score (nSPS) is 10.4. The monoisotopic (exact) mass is 409 g/mol. The molecular weight excluding hydrogens is 390 g/mol. The van der Waals surface area contributed by atoms with Crippen molar-refractivity contribution in [2.45, 2.75) is 23.6 Å². The molecule has 8 heteroatoms. The van der Waals surface area contributed by atoms with Gasteiger partial charge in [-0.25, -0.2) is 0 Å². The fraction of sp³-hybridized carbons (Fsp3) is 0.143. The van der Waals surface area contributed by atoms with E-state index in [0.717, 1.165) is 4.90 Å². The first-order chi connectivity index (χ1) is 13.9. The summed E-state index contributed by atoms with van der Waals surface area (Å²) < 4.78 is 5.24. The van der Waals surface area contributed by atoms with Crippen molar-refractivity contribution >= 4 is 29.2 Å². The lowest BCUT2D eigenvalue weighted by molar-refractivity contribution is -0.390. The van der Waals surface area contributed by atoms with Crippen molar-refractivity contribution in [3.8, 4) is 5.75 Å². The van der Waals surface area contributed by atoms with E-state index in [2.05, 4.69) is 42.3 Å². The highest BCUT2D eigenvalue weighted by atomic mass is 32.2. The average Bonchev–Trinajstić information content (AvgIpc) is 2.71. The molecule has 0 saturated heterocycles. The van der Waals surface area contributed by atoms with Gasteiger partial charge >= 0.3 is 5.82 Å². The molecule has 0 fully saturated rings. The summed E-state index contributed by atoms with van der Waals surface area (Å²) in [7, 11) is 0. The first-order valence-electron chi connectivity index (χ1n) is 8.79. The predicted octanol–water partition coefficient (Wildman–Crippen LogP) is 4.78. The van der Waals surface area contributed by atoms with Gasteiger partial charge in [-0.3, -0.25) is 4.79 Å². The number of aryl methyl sites for hydroxylation is 2. The molecule has 0 bridgehead atoms. The lowest BCUT2D eigenvalue weighted by atomic mass is 10.2. The van der Waals surface area contributed by atoms with E-state index in [0.29, 0.717) is 5.69 Å². The zero-order valence-corrected chi connectivity index (χ0v) is 16.7. The average molecular weight is 409 g/mol. The molecule has 0 unspecified atom stereocenters. The molecule has 148 valence electrons. The van der Waals surface area contributed by atoms with E-state index in [4.69, 9.17) is 4.74 Å². The summed E-state index contributed by atoms with van der Waals surface area (Å²) in [6.07, 6.45) is 1.29. The van der Waals surface area contributed by atoms with Crippen LogP contribution in [0.25, 0.3) is 0 Å². The van der Waals surface area contributed by atoms with Crippen LogP contribution < -0.4 is 10.1 Å². The molecule has 29 heavy (non-hydrogen) atoms. The quantitative estimate of drug-likeness (QED) is 0.446. The summed E-state index contributed by atoms with van der Waals surface area (Å²) in [6, 6.07) is 16.7. The lowest BCUT2D eigenvalue weighted by Crippen LogP contribution is -2.20. The number of rotatable bonds is 7. The Hall–Kier alpha value is -3.39. The zero-order valence-electron chi connectivity index (χ0n) is 15.9. The van der Waals surface area contributed by atoms with E-state index in [9.17, 15) is 14.9 Å². The van der Waals surface area contributed by atoms with Crippen LogP contribution in [0, 0.1) is 24.0 Å². The zero-order chi connectivity index (χ0) is 20.8. The lowest BCUT2D eigenvalue weighted by Gasteiger charge is -2.09. The highest BCUT2D eigenvalue weighted by molar-refractivity contribution is 7.99. The van der Waals surface area contributed by atoms with Gasteiger partial charge in [-0.2, -0.15) is 0 Å². The van der Waals surface area contributed by atoms with Crippen LogP contribution in [0.2, 0.25) is 0 Å². The summed E-state index contributed by atoms with van der Waals surface area (Å²) >= 11 is 1.66. The van der Waals surface area contributed by atoms with E-state index in [1.54, 1.807) is 23.9 Å². The minimum Gasteiger partial charge on any atom is -0.476 e. The second kappa shape index (κ2) is 9.20. The molecule has 1 aromatic heterocycles. The van der Waals surface area contributed by atoms with Crippen LogP contribution in [-0.4, -0.2) is 22.4 Å². The van der Waals surface area contributed by atoms with Crippen molar-refractivity contribution in [1.29, 1.82) is 0 Å². The van der Waals surface area contributed by atoms with Crippen LogP contribution in [-0.2, 0) is 4.79 Å². The predicted molar refractivity (Wildman–Crippen MR) is 111 cm³/mol. The smallest absolute Gasteiger partial charge is 0.406 e. The molecule has 3 aromatic rings. The Labute approximate surface area is 172 Å². The number of nitro groups is 1. The number of carbonyl (C=O) groups excluding carboxylic acids is 1. The Balaban J connectivity index is 1.58. The largest absolute Gasteiger partial charge is 0.476 e. The van der Waals surface area contributed by atoms with E-state index >= 15 is 0 Å². The molecule has 7 nitrogen and oxygen atoms in total. The van der Waals surface area contributed by atoms with Crippen LogP contribution in [0.5, 0.6) is 5.75 Å². The number of pyridine rings is 1. The third kappa shape index (κ3) is 5.55. The Bertz CT molecular complexity index is 1040. The molecular formula is C21H19N3O4S. The molecule has 0 saturated carbocycles. The Morgan fingerprint density at radius 1 is 1.17 bits per heavy atom. The summed E-state index contributed by atoms with van der Waals surface area (Å²) in [5, 5.41) is 13.6. The van der Waals surface area contributed by atoms with Gasteiger partial charge in [-0.15, -0.1) is 0 Å². The second-order valence-corrected chi connectivity index (χ2v) is 7.43. The summed E-state index contributed by atoms with van der Waals surface area (Å²) in [6.45, 7) is 3.78. The van der Waals surface area contributed by atoms with Gasteiger partial charge in [0.15, 0.2) is 6.61 Å². The number of carbonyl (C=O) groups is 1. The van der Waals surface area contributed by atoms with E-state index in [1.165, 1.54) is 34.4 Å². The number of hydrogen-bond donors (Lipinski definition) is 1. The van der Waals surface area contributed by atoms with Gasteiger partial charge < -0.3 is 20.2 Å². The Morgan fingerprint density at radius 3 is 2.66 bits per heavy atom. The number of amides is 1. The third-order valence-electron chi connectivity index (χ3n) is 3.99. The number of aromatic nitrogens is 1. The first-order valence-corrected chi connectivity index (χ1v) is 9.61. The topological polar surface area (TPSA) is 94.4 Å². The Morgan fingerprint density at radius 2 is 1.93 bits per heavy atom. The molecule has 1 heterocycles. The molecule has 1 N–H and O–H groups in total. The van der Waals surface area contributed by atoms with Gasteiger partial charge in [0.2, 0.25) is 5.75 Å². The Kier molecular flexibility index (Phi) is 6.46. The van der Waals surface area contributed by atoms with Gasteiger partial charge in [0.05, 0.1) is 0 Å². The van der Waals surface area contributed by atoms with E-state index in [1.807, 2.05) is 12.1 Å². The van der Waals surface area contributed by atoms with Crippen molar-refractivity contribution in [2.24, 2.45) is 0 Å². The van der Waals surface area contributed by atoms with Gasteiger partial charge in [0, 0.05) is 15.5 Å². The number of hydrogen-bond acceptors (Lipinski definition) is 6. The second-order valence-electron chi connectivity index (χ2n) is 6.31. The number of nitrogens with one attached hydrogen (secondary N) is 1. The molecule has 0 atom stereocenters. The maximum atomic E-state index is 12.1. The van der Waals surface area contributed by atoms with Crippen molar-refractivity contribution in [1.82, 2.24) is 4.98 Å². The van der Waals surface area contributed by atoms with Gasteiger partial charge in [0.25, 0.3) is 5.91 Å². The van der Waals surface area contributed by atoms with Crippen LogP contribution >= 0.6 is 11.8 Å². The summed E-state index contributed by atoms with van der Waals surface area (Å²) in [5.41, 5.74) is 3.03. The van der Waals surface area contributed by atoms with Crippen molar-refractivity contribution in [3.63, 3.8) is 0 Å². The third-order valence-corrected chi connectivity index (χ3v) is 5.16. The minimum absolute atomic E-state index is 0.0482. The van der Waals surface area contributed by atoms with Crippen LogP contribution in [0.15, 0.2) is 70.6 Å². The fourth-order valence-electron chi connectivity index (χ4n) is 2.52. The molecule has 0 aliphatic carbocycles. The van der Waals surface area contributed by atoms with Crippen molar-refractivity contribution in [3.05, 3.63) is 82.0 Å². The highest BCUT2D eigenvalue weighted by Gasteiger charge is 2.16. The first kappa shape index (κ1) is 20.3. The maximum Gasteiger partial charge on any atom is 0.406 e. The number of anilines is 1. The summed E-state index contributed by atoms with van der Waals surface area (Å²) in [5.74, 6) is -0.890. The molecule has 0 radical (unpaired) electrons. The number of benzene rings is 2. The van der Waals surface area contributed by atoms with Gasteiger partial charge in [-0.05, 0) is 77.3 Å². The SMILES string of the molecule is Cc1ccc(C)c(Sc2ccc(NC(=O)COc3cccnc3[N+](=O)[O-])cc2)c1. The molecule has 2 aromatic carbocycles.